The number of fused-ring (bicyclic) bond motifs is 1. The van der Waals surface area contributed by atoms with Gasteiger partial charge in [0.15, 0.2) is 0 Å². The molecule has 2 N–H and O–H groups in total. The van der Waals surface area contributed by atoms with Gasteiger partial charge in [-0.3, -0.25) is 0 Å². The lowest BCUT2D eigenvalue weighted by Crippen LogP contribution is -2.29. The standard InChI is InChI=1S/C16H17ClN2OS/c1-20-12-5-2-10-3-6-14(16(18)13(10)8-12)21-15-7-4-11(17)9-19-15/h2,4-5,7-9,14,16H,3,6,18H2,1H3. The van der Waals surface area contributed by atoms with Gasteiger partial charge in [-0.15, -0.1) is 11.8 Å². The summed E-state index contributed by atoms with van der Waals surface area (Å²) in [5, 5.41) is 1.94. The molecule has 110 valence electrons. The van der Waals surface area contributed by atoms with Crippen LogP contribution in [0.2, 0.25) is 5.02 Å². The minimum atomic E-state index is -0.00803. The highest BCUT2D eigenvalue weighted by atomic mass is 35.5. The smallest absolute Gasteiger partial charge is 0.119 e. The van der Waals surface area contributed by atoms with Crippen LogP contribution in [-0.2, 0) is 6.42 Å². The quantitative estimate of drug-likeness (QED) is 0.933. The Morgan fingerprint density at radius 3 is 2.90 bits per heavy atom. The Labute approximate surface area is 133 Å². The Morgan fingerprint density at radius 2 is 2.19 bits per heavy atom. The molecule has 5 heteroatoms. The second-order valence-corrected chi connectivity index (χ2v) is 6.80. The number of nitrogens with two attached hydrogens (primary N) is 1. The molecule has 2 unspecified atom stereocenters. The number of methoxy groups -OCH3 is 1. The van der Waals surface area contributed by atoms with E-state index in [9.17, 15) is 0 Å². The highest BCUT2D eigenvalue weighted by Crippen LogP contribution is 2.39. The molecule has 21 heavy (non-hydrogen) atoms. The molecule has 2 aromatic rings. The van der Waals surface area contributed by atoms with Gasteiger partial charge in [0.1, 0.15) is 5.75 Å². The van der Waals surface area contributed by atoms with E-state index in [4.69, 9.17) is 22.1 Å². The van der Waals surface area contributed by atoms with Crippen molar-refractivity contribution < 1.29 is 4.74 Å². The molecular weight excluding hydrogens is 304 g/mol. The van der Waals surface area contributed by atoms with Crippen molar-refractivity contribution in [2.75, 3.05) is 7.11 Å². The fourth-order valence-corrected chi connectivity index (χ4v) is 3.85. The first-order valence-corrected chi connectivity index (χ1v) is 8.14. The number of hydrogen-bond donors (Lipinski definition) is 1. The summed E-state index contributed by atoms with van der Waals surface area (Å²) in [4.78, 5) is 4.35. The molecule has 3 nitrogen and oxygen atoms in total. The summed E-state index contributed by atoms with van der Waals surface area (Å²) in [5.74, 6) is 0.861. The maximum Gasteiger partial charge on any atom is 0.119 e. The van der Waals surface area contributed by atoms with Crippen LogP contribution in [0.25, 0.3) is 0 Å². The average molecular weight is 321 g/mol. The summed E-state index contributed by atoms with van der Waals surface area (Å²) in [7, 11) is 1.68. The summed E-state index contributed by atoms with van der Waals surface area (Å²) >= 11 is 7.60. The van der Waals surface area contributed by atoms with Gasteiger partial charge in [-0.05, 0) is 48.2 Å². The second-order valence-electron chi connectivity index (χ2n) is 5.10. The van der Waals surface area contributed by atoms with Crippen molar-refractivity contribution in [3.05, 3.63) is 52.7 Å². The molecule has 1 aliphatic carbocycles. The molecule has 0 radical (unpaired) electrons. The Bertz CT molecular complexity index is 633. The third-order valence-corrected chi connectivity index (χ3v) is 5.32. The number of pyridine rings is 1. The average Bonchev–Trinajstić information content (AvgIpc) is 2.52. The summed E-state index contributed by atoms with van der Waals surface area (Å²) in [6, 6.07) is 9.98. The molecule has 0 bridgehead atoms. The van der Waals surface area contributed by atoms with Crippen LogP contribution in [0.1, 0.15) is 23.6 Å². The van der Waals surface area contributed by atoms with Gasteiger partial charge in [0, 0.05) is 17.5 Å². The molecule has 0 fully saturated rings. The number of ether oxygens (including phenoxy) is 1. The fourth-order valence-electron chi connectivity index (χ4n) is 2.63. The molecule has 0 saturated carbocycles. The first-order chi connectivity index (χ1) is 10.2. The van der Waals surface area contributed by atoms with Crippen LogP contribution in [0.4, 0.5) is 0 Å². The van der Waals surface area contributed by atoms with E-state index in [2.05, 4.69) is 17.1 Å². The molecule has 0 spiro atoms. The van der Waals surface area contributed by atoms with Gasteiger partial charge in [0.05, 0.1) is 17.2 Å². The number of aryl methyl sites for hydroxylation is 1. The van der Waals surface area contributed by atoms with Crippen LogP contribution in [-0.4, -0.2) is 17.3 Å². The normalized spacial score (nSPS) is 20.9. The predicted molar refractivity (Wildman–Crippen MR) is 87.1 cm³/mol. The van der Waals surface area contributed by atoms with Crippen LogP contribution < -0.4 is 10.5 Å². The fraction of sp³-hybridized carbons (Fsp3) is 0.312. The predicted octanol–water partition coefficient (Wildman–Crippen LogP) is 3.85. The number of rotatable bonds is 3. The van der Waals surface area contributed by atoms with E-state index in [0.29, 0.717) is 10.3 Å². The van der Waals surface area contributed by atoms with Crippen molar-refractivity contribution in [1.29, 1.82) is 0 Å². The summed E-state index contributed by atoms with van der Waals surface area (Å²) in [6.07, 6.45) is 3.77. The van der Waals surface area contributed by atoms with Gasteiger partial charge in [0.2, 0.25) is 0 Å². The highest BCUT2D eigenvalue weighted by molar-refractivity contribution is 7.99. The van der Waals surface area contributed by atoms with E-state index < -0.39 is 0 Å². The van der Waals surface area contributed by atoms with Crippen molar-refractivity contribution in [1.82, 2.24) is 4.98 Å². The van der Waals surface area contributed by atoms with E-state index in [-0.39, 0.29) is 6.04 Å². The zero-order valence-corrected chi connectivity index (χ0v) is 13.3. The monoisotopic (exact) mass is 320 g/mol. The zero-order valence-electron chi connectivity index (χ0n) is 11.8. The molecular formula is C16H17ClN2OS. The summed E-state index contributed by atoms with van der Waals surface area (Å²) in [5.41, 5.74) is 8.97. The highest BCUT2D eigenvalue weighted by Gasteiger charge is 2.28. The van der Waals surface area contributed by atoms with Crippen LogP contribution in [0.3, 0.4) is 0 Å². The lowest BCUT2D eigenvalue weighted by molar-refractivity contribution is 0.412. The second kappa shape index (κ2) is 6.26. The van der Waals surface area contributed by atoms with Crippen molar-refractivity contribution in [2.24, 2.45) is 5.73 Å². The number of halogens is 1. The first kappa shape index (κ1) is 14.7. The minimum Gasteiger partial charge on any atom is -0.497 e. The lowest BCUT2D eigenvalue weighted by atomic mass is 9.87. The van der Waals surface area contributed by atoms with Crippen molar-refractivity contribution in [3.63, 3.8) is 0 Å². The van der Waals surface area contributed by atoms with Crippen molar-refractivity contribution in [2.45, 2.75) is 29.2 Å². The van der Waals surface area contributed by atoms with Crippen LogP contribution in [0.15, 0.2) is 41.6 Å². The third-order valence-electron chi connectivity index (χ3n) is 3.78. The van der Waals surface area contributed by atoms with Crippen molar-refractivity contribution in [3.8, 4) is 5.75 Å². The maximum absolute atomic E-state index is 6.46. The molecule has 2 atom stereocenters. The Balaban J connectivity index is 1.81. The number of nitrogens with zero attached hydrogens (tertiary/aromatic N) is 1. The number of benzene rings is 1. The molecule has 1 aromatic heterocycles. The lowest BCUT2D eigenvalue weighted by Gasteiger charge is -2.30. The summed E-state index contributed by atoms with van der Waals surface area (Å²) < 4.78 is 5.31. The molecule has 0 saturated heterocycles. The first-order valence-electron chi connectivity index (χ1n) is 6.88. The molecule has 0 amide bonds. The topological polar surface area (TPSA) is 48.1 Å². The third kappa shape index (κ3) is 3.18. The van der Waals surface area contributed by atoms with Crippen molar-refractivity contribution >= 4 is 23.4 Å². The number of hydrogen-bond acceptors (Lipinski definition) is 4. The summed E-state index contributed by atoms with van der Waals surface area (Å²) in [6.45, 7) is 0. The van der Waals surface area contributed by atoms with E-state index in [1.165, 1.54) is 11.1 Å². The van der Waals surface area contributed by atoms with Gasteiger partial charge >= 0.3 is 0 Å². The Kier molecular flexibility index (Phi) is 4.38. The number of thioether (sulfide) groups is 1. The van der Waals surface area contributed by atoms with Gasteiger partial charge in [-0.25, -0.2) is 4.98 Å². The molecule has 3 rings (SSSR count). The van der Waals surface area contributed by atoms with Crippen LogP contribution in [0, 0.1) is 0 Å². The molecule has 1 aromatic carbocycles. The van der Waals surface area contributed by atoms with Gasteiger partial charge < -0.3 is 10.5 Å². The number of aromatic nitrogens is 1. The van der Waals surface area contributed by atoms with Gasteiger partial charge in [0.25, 0.3) is 0 Å². The Hall–Kier alpha value is -1.23. The molecule has 0 aliphatic heterocycles. The zero-order chi connectivity index (χ0) is 14.8. The molecule has 1 heterocycles. The van der Waals surface area contributed by atoms with E-state index in [0.717, 1.165) is 23.6 Å². The van der Waals surface area contributed by atoms with E-state index >= 15 is 0 Å². The SMILES string of the molecule is COc1ccc2c(c1)C(N)C(Sc1ccc(Cl)cn1)CC2. The maximum atomic E-state index is 6.46. The largest absolute Gasteiger partial charge is 0.497 e. The van der Waals surface area contributed by atoms with Gasteiger partial charge in [-0.1, -0.05) is 17.7 Å². The van der Waals surface area contributed by atoms with Gasteiger partial charge in [-0.2, -0.15) is 0 Å². The minimum absolute atomic E-state index is 0.00803. The van der Waals surface area contributed by atoms with Crippen LogP contribution >= 0.6 is 23.4 Å². The van der Waals surface area contributed by atoms with Crippen LogP contribution in [0.5, 0.6) is 5.75 Å². The van der Waals surface area contributed by atoms with E-state index in [1.807, 2.05) is 18.2 Å². The molecule has 1 aliphatic rings. The van der Waals surface area contributed by atoms with E-state index in [1.54, 1.807) is 25.1 Å². The Morgan fingerprint density at radius 1 is 1.33 bits per heavy atom.